The van der Waals surface area contributed by atoms with Crippen molar-refractivity contribution in [2.24, 2.45) is 0 Å². The molecule has 1 heterocycles. The Labute approximate surface area is 156 Å². The van der Waals surface area contributed by atoms with E-state index >= 15 is 0 Å². The van der Waals surface area contributed by atoms with Gasteiger partial charge in [-0.25, -0.2) is 14.4 Å². The van der Waals surface area contributed by atoms with Crippen LogP contribution in [0.15, 0.2) is 39.6 Å². The number of nitrogens with zero attached hydrogens (tertiary/aromatic N) is 2. The molecule has 9 nitrogen and oxygen atoms in total. The Hall–Kier alpha value is -3.10. The normalized spacial score (nSPS) is 11.6. The van der Waals surface area contributed by atoms with E-state index in [2.05, 4.69) is 10.3 Å². The number of benzene rings is 1. The lowest BCUT2D eigenvalue weighted by atomic mass is 10.1. The zero-order valence-electron chi connectivity index (χ0n) is 15.3. The summed E-state index contributed by atoms with van der Waals surface area (Å²) in [4.78, 5) is 38.5. The fraction of sp³-hybridized carbons (Fsp3) is 0.444. The Morgan fingerprint density at radius 1 is 1.26 bits per heavy atom. The maximum Gasteiger partial charge on any atom is 0.459 e. The van der Waals surface area contributed by atoms with Gasteiger partial charge in [0.25, 0.3) is 0 Å². The van der Waals surface area contributed by atoms with Crippen LogP contribution in [0.2, 0.25) is 0 Å². The van der Waals surface area contributed by atoms with Gasteiger partial charge < -0.3 is 19.3 Å². The van der Waals surface area contributed by atoms with Gasteiger partial charge in [0, 0.05) is 0 Å². The summed E-state index contributed by atoms with van der Waals surface area (Å²) < 4.78 is 16.2. The molecule has 0 aliphatic carbocycles. The second kappa shape index (κ2) is 10.1. The van der Waals surface area contributed by atoms with Crippen molar-refractivity contribution in [1.29, 1.82) is 0 Å². The zero-order valence-corrected chi connectivity index (χ0v) is 15.3. The Morgan fingerprint density at radius 3 is 2.63 bits per heavy atom. The molecule has 0 spiro atoms. The highest BCUT2D eigenvalue weighted by molar-refractivity contribution is 5.81. The van der Waals surface area contributed by atoms with Crippen molar-refractivity contribution < 1.29 is 23.6 Å². The van der Waals surface area contributed by atoms with Crippen LogP contribution >= 0.6 is 0 Å². The summed E-state index contributed by atoms with van der Waals surface area (Å²) in [5.74, 6) is -0.688. The van der Waals surface area contributed by atoms with E-state index < -0.39 is 23.9 Å². The van der Waals surface area contributed by atoms with Gasteiger partial charge in [0.15, 0.2) is 0 Å². The number of hydrogen-bond acceptors (Lipinski definition) is 7. The van der Waals surface area contributed by atoms with Gasteiger partial charge in [-0.05, 0) is 31.7 Å². The van der Waals surface area contributed by atoms with Crippen molar-refractivity contribution in [3.05, 3.63) is 52.3 Å². The van der Waals surface area contributed by atoms with Crippen LogP contribution in [0.3, 0.4) is 0 Å². The van der Waals surface area contributed by atoms with Crippen LogP contribution in [0.5, 0.6) is 0 Å². The van der Waals surface area contributed by atoms with E-state index in [1.165, 1.54) is 11.8 Å². The molecular weight excluding hydrogens is 354 g/mol. The van der Waals surface area contributed by atoms with Crippen molar-refractivity contribution in [3.63, 3.8) is 0 Å². The van der Waals surface area contributed by atoms with Crippen LogP contribution in [-0.2, 0) is 27.4 Å². The van der Waals surface area contributed by atoms with E-state index in [1.807, 2.05) is 30.3 Å². The predicted molar refractivity (Wildman–Crippen MR) is 94.9 cm³/mol. The molecule has 2 aromatic rings. The summed E-state index contributed by atoms with van der Waals surface area (Å²) in [5, 5.41) is 2.52. The first-order valence-corrected chi connectivity index (χ1v) is 8.59. The van der Waals surface area contributed by atoms with Crippen molar-refractivity contribution in [3.8, 4) is 0 Å². The van der Waals surface area contributed by atoms with E-state index in [4.69, 9.17) is 14.0 Å². The van der Waals surface area contributed by atoms with Crippen molar-refractivity contribution in [1.82, 2.24) is 15.0 Å². The van der Waals surface area contributed by atoms with E-state index in [0.29, 0.717) is 31.6 Å². The highest BCUT2D eigenvalue weighted by Crippen LogP contribution is 2.07. The van der Waals surface area contributed by atoms with E-state index in [1.54, 1.807) is 6.92 Å². The average Bonchev–Trinajstić information content (AvgIpc) is 2.99. The summed E-state index contributed by atoms with van der Waals surface area (Å²) >= 11 is 0. The van der Waals surface area contributed by atoms with Gasteiger partial charge in [0.2, 0.25) is 0 Å². The summed E-state index contributed by atoms with van der Waals surface area (Å²) in [6.45, 7) is 2.24. The minimum atomic E-state index is -0.811. The zero-order chi connectivity index (χ0) is 19.6. The second-order valence-corrected chi connectivity index (χ2v) is 5.90. The molecule has 1 aromatic carbocycles. The minimum Gasteiger partial charge on any atom is -0.467 e. The Morgan fingerprint density at radius 2 is 2.00 bits per heavy atom. The molecule has 2 rings (SSSR count). The lowest BCUT2D eigenvalue weighted by Gasteiger charge is -2.16. The molecule has 0 bridgehead atoms. The second-order valence-electron chi connectivity index (χ2n) is 5.90. The molecule has 1 N–H and O–H groups in total. The van der Waals surface area contributed by atoms with E-state index in [0.717, 1.165) is 5.56 Å². The first-order chi connectivity index (χ1) is 13.0. The van der Waals surface area contributed by atoms with Gasteiger partial charge in [0.1, 0.15) is 18.5 Å². The summed E-state index contributed by atoms with van der Waals surface area (Å²) in [6, 6.07) is 8.42. The molecule has 1 amide bonds. The third-order valence-electron chi connectivity index (χ3n) is 3.90. The van der Waals surface area contributed by atoms with Crippen molar-refractivity contribution in [2.75, 3.05) is 7.11 Å². The SMILES string of the molecule is COC(=O)[C@H](CCCCn1oc(=O)nc1C)NC(=O)OCc1ccccc1. The van der Waals surface area contributed by atoms with Gasteiger partial charge >= 0.3 is 17.8 Å². The third kappa shape index (κ3) is 6.61. The molecule has 0 aliphatic heterocycles. The lowest BCUT2D eigenvalue weighted by molar-refractivity contribution is -0.143. The number of carbonyl (C=O) groups is 2. The van der Waals surface area contributed by atoms with Gasteiger partial charge in [-0.15, -0.1) is 0 Å². The standard InChI is InChI=1S/C18H23N3O6/c1-13-19-18(24)27-21(13)11-7-6-10-15(16(22)25-2)20-17(23)26-12-14-8-4-3-5-9-14/h3-5,8-9,15H,6-7,10-12H2,1-2H3,(H,20,23)/t15-/m0/s1. The summed E-state index contributed by atoms with van der Waals surface area (Å²) in [5.41, 5.74) is 0.847. The largest absolute Gasteiger partial charge is 0.467 e. The molecule has 0 saturated heterocycles. The topological polar surface area (TPSA) is 113 Å². The predicted octanol–water partition coefficient (Wildman–Crippen LogP) is 1.78. The van der Waals surface area contributed by atoms with Crippen LogP contribution in [0.1, 0.15) is 30.7 Å². The van der Waals surface area contributed by atoms with E-state index in [-0.39, 0.29) is 6.61 Å². The van der Waals surface area contributed by atoms with Crippen LogP contribution in [0.25, 0.3) is 0 Å². The van der Waals surface area contributed by atoms with Crippen LogP contribution < -0.4 is 11.1 Å². The minimum absolute atomic E-state index is 0.111. The van der Waals surface area contributed by atoms with Crippen molar-refractivity contribution in [2.45, 2.75) is 45.4 Å². The maximum absolute atomic E-state index is 11.9. The molecule has 0 radical (unpaired) electrons. The molecule has 1 atom stereocenters. The number of nitrogens with one attached hydrogen (secondary N) is 1. The molecule has 0 unspecified atom stereocenters. The first kappa shape index (κ1) is 20.2. The fourth-order valence-electron chi connectivity index (χ4n) is 2.48. The number of amides is 1. The lowest BCUT2D eigenvalue weighted by Crippen LogP contribution is -2.41. The summed E-state index contributed by atoms with van der Waals surface area (Å²) in [7, 11) is 1.26. The average molecular weight is 377 g/mol. The molecule has 27 heavy (non-hydrogen) atoms. The highest BCUT2D eigenvalue weighted by Gasteiger charge is 2.22. The smallest absolute Gasteiger partial charge is 0.459 e. The fourth-order valence-corrected chi connectivity index (χ4v) is 2.48. The first-order valence-electron chi connectivity index (χ1n) is 8.59. The molecule has 0 saturated carbocycles. The van der Waals surface area contributed by atoms with Gasteiger partial charge in [-0.1, -0.05) is 30.3 Å². The van der Waals surface area contributed by atoms with Crippen LogP contribution in [-0.4, -0.2) is 34.9 Å². The molecular formula is C18H23N3O6. The number of alkyl carbamates (subject to hydrolysis) is 1. The van der Waals surface area contributed by atoms with Crippen LogP contribution in [0.4, 0.5) is 4.79 Å². The highest BCUT2D eigenvalue weighted by atomic mass is 16.6. The number of methoxy groups -OCH3 is 1. The number of ether oxygens (including phenoxy) is 2. The molecule has 0 fully saturated rings. The number of carbonyl (C=O) groups excluding carboxylic acids is 2. The number of rotatable bonds is 9. The van der Waals surface area contributed by atoms with Crippen LogP contribution in [0, 0.1) is 6.92 Å². The van der Waals surface area contributed by atoms with Crippen molar-refractivity contribution >= 4 is 12.1 Å². The quantitative estimate of drug-likeness (QED) is 0.523. The molecule has 0 aliphatic rings. The number of hydrogen-bond donors (Lipinski definition) is 1. The Balaban J connectivity index is 1.78. The monoisotopic (exact) mass is 377 g/mol. The van der Waals surface area contributed by atoms with Gasteiger partial charge in [0.05, 0.1) is 13.7 Å². The Kier molecular flexibility index (Phi) is 7.60. The van der Waals surface area contributed by atoms with Gasteiger partial charge in [-0.3, -0.25) is 0 Å². The number of esters is 1. The Bertz CT molecular complexity index is 799. The number of aryl methyl sites for hydroxylation is 2. The molecule has 9 heteroatoms. The third-order valence-corrected chi connectivity index (χ3v) is 3.90. The molecule has 146 valence electrons. The number of unbranched alkanes of at least 4 members (excludes halogenated alkanes) is 1. The van der Waals surface area contributed by atoms with E-state index in [9.17, 15) is 14.4 Å². The molecule has 1 aromatic heterocycles. The summed E-state index contributed by atoms with van der Waals surface area (Å²) in [6.07, 6.45) is 0.908. The maximum atomic E-state index is 11.9. The number of aromatic nitrogens is 2. The van der Waals surface area contributed by atoms with Gasteiger partial charge in [-0.2, -0.15) is 9.72 Å².